The van der Waals surface area contributed by atoms with Crippen molar-refractivity contribution >= 4 is 33.2 Å². The Kier molecular flexibility index (Phi) is 7.17. The van der Waals surface area contributed by atoms with E-state index in [2.05, 4.69) is 5.43 Å². The Bertz CT molecular complexity index is 494. The Morgan fingerprint density at radius 3 is 2.68 bits per heavy atom. The number of benzene rings is 1. The summed E-state index contributed by atoms with van der Waals surface area (Å²) in [5.41, 5.74) is 2.72. The molecule has 108 valence electrons. The van der Waals surface area contributed by atoms with Crippen LogP contribution in [-0.4, -0.2) is 32.2 Å². The molecule has 1 unspecified atom stereocenters. The maximum Gasteiger partial charge on any atom is 0.147 e. The maximum absolute atomic E-state index is 11.1. The second kappa shape index (κ2) is 8.11. The lowest BCUT2D eigenvalue weighted by atomic mass is 10.2. The molecule has 1 aromatic rings. The van der Waals surface area contributed by atoms with Gasteiger partial charge < -0.3 is 0 Å². The molecule has 0 saturated carbocycles. The highest BCUT2D eigenvalue weighted by Crippen LogP contribution is 2.27. The molecule has 1 rings (SSSR count). The Morgan fingerprint density at radius 2 is 2.11 bits per heavy atom. The minimum absolute atomic E-state index is 0.0722. The highest BCUT2D eigenvalue weighted by molar-refractivity contribution is 7.99. The third kappa shape index (κ3) is 7.17. The number of nitrogens with one attached hydrogen (secondary N) is 1. The zero-order chi connectivity index (χ0) is 14.3. The molecular weight excluding hydrogens is 304 g/mol. The zero-order valence-electron chi connectivity index (χ0n) is 10.8. The Morgan fingerprint density at radius 1 is 1.42 bits per heavy atom. The average Bonchev–Trinajstić information content (AvgIpc) is 2.34. The summed E-state index contributed by atoms with van der Waals surface area (Å²) in [6, 6.07) is 7.69. The fraction of sp³-hybridized carbons (Fsp3) is 0.500. The number of hydrogen-bond acceptors (Lipinski definition) is 5. The highest BCUT2D eigenvalue weighted by Gasteiger charge is 2.10. The van der Waals surface area contributed by atoms with E-state index in [0.29, 0.717) is 6.42 Å². The zero-order valence-corrected chi connectivity index (χ0v) is 13.2. The summed E-state index contributed by atoms with van der Waals surface area (Å²) >= 11 is 7.68. The Hall–Kier alpha value is -0.270. The molecule has 4 nitrogen and oxygen atoms in total. The van der Waals surface area contributed by atoms with Crippen LogP contribution in [0, 0.1) is 0 Å². The van der Waals surface area contributed by atoms with Gasteiger partial charge in [0.2, 0.25) is 0 Å². The average molecular weight is 323 g/mol. The van der Waals surface area contributed by atoms with Gasteiger partial charge in [-0.15, -0.1) is 11.8 Å². The van der Waals surface area contributed by atoms with Crippen LogP contribution in [0.15, 0.2) is 29.2 Å². The van der Waals surface area contributed by atoms with Crippen LogP contribution < -0.4 is 11.3 Å². The summed E-state index contributed by atoms with van der Waals surface area (Å²) in [7, 11) is -2.90. The third-order valence-electron chi connectivity index (χ3n) is 2.58. The molecule has 0 amide bonds. The van der Waals surface area contributed by atoms with Gasteiger partial charge in [-0.1, -0.05) is 23.7 Å². The van der Waals surface area contributed by atoms with Gasteiger partial charge >= 0.3 is 0 Å². The van der Waals surface area contributed by atoms with Crippen molar-refractivity contribution in [1.82, 2.24) is 5.43 Å². The largest absolute Gasteiger partial charge is 0.271 e. The van der Waals surface area contributed by atoms with Crippen LogP contribution in [0.5, 0.6) is 0 Å². The van der Waals surface area contributed by atoms with Crippen LogP contribution in [-0.2, 0) is 9.84 Å². The number of rotatable bonds is 8. The second-order valence-electron chi connectivity index (χ2n) is 4.38. The van der Waals surface area contributed by atoms with E-state index in [1.165, 1.54) is 6.26 Å². The minimum atomic E-state index is -2.90. The first kappa shape index (κ1) is 16.8. The van der Waals surface area contributed by atoms with Crippen LogP contribution in [0.25, 0.3) is 0 Å². The van der Waals surface area contributed by atoms with Gasteiger partial charge in [0.1, 0.15) is 9.84 Å². The molecule has 0 aliphatic heterocycles. The van der Waals surface area contributed by atoms with E-state index in [4.69, 9.17) is 17.4 Å². The molecule has 0 spiro atoms. The standard InChI is InChI=1S/C12H19ClN2O2S2/c1-19(16,17)8-4-5-10(15-14)9-18-12-7-3-2-6-11(12)13/h2-3,6-7,10,15H,4-5,8-9,14H2,1H3. The topological polar surface area (TPSA) is 72.2 Å². The first-order valence-electron chi connectivity index (χ1n) is 5.93. The van der Waals surface area contributed by atoms with Gasteiger partial charge in [0.15, 0.2) is 0 Å². The summed E-state index contributed by atoms with van der Waals surface area (Å²) in [5, 5.41) is 0.722. The van der Waals surface area contributed by atoms with Crippen molar-refractivity contribution in [3.63, 3.8) is 0 Å². The summed E-state index contributed by atoms with van der Waals surface area (Å²) in [6.45, 7) is 0. The maximum atomic E-state index is 11.1. The van der Waals surface area contributed by atoms with E-state index in [-0.39, 0.29) is 11.8 Å². The van der Waals surface area contributed by atoms with Gasteiger partial charge in [-0.2, -0.15) is 0 Å². The summed E-state index contributed by atoms with van der Waals surface area (Å²) in [5.74, 6) is 6.43. The van der Waals surface area contributed by atoms with Crippen molar-refractivity contribution in [1.29, 1.82) is 0 Å². The number of thioether (sulfide) groups is 1. The lowest BCUT2D eigenvalue weighted by Crippen LogP contribution is -2.37. The predicted octanol–water partition coefficient (Wildman–Crippen LogP) is 2.09. The Labute approximate surface area is 124 Å². The van der Waals surface area contributed by atoms with Gasteiger partial charge in [0.25, 0.3) is 0 Å². The van der Waals surface area contributed by atoms with E-state index in [1.807, 2.05) is 24.3 Å². The van der Waals surface area contributed by atoms with Crippen molar-refractivity contribution in [2.24, 2.45) is 5.84 Å². The smallest absolute Gasteiger partial charge is 0.147 e. The van der Waals surface area contributed by atoms with E-state index in [1.54, 1.807) is 11.8 Å². The number of nitrogens with two attached hydrogens (primary N) is 1. The van der Waals surface area contributed by atoms with Gasteiger partial charge in [-0.05, 0) is 25.0 Å². The molecule has 1 aromatic carbocycles. The fourth-order valence-corrected chi connectivity index (χ4v) is 3.57. The lowest BCUT2D eigenvalue weighted by molar-refractivity contribution is 0.528. The van der Waals surface area contributed by atoms with E-state index < -0.39 is 9.84 Å². The molecule has 0 fully saturated rings. The molecule has 0 aliphatic rings. The van der Waals surface area contributed by atoms with Gasteiger partial charge in [-0.3, -0.25) is 11.3 Å². The van der Waals surface area contributed by atoms with E-state index in [9.17, 15) is 8.42 Å². The van der Waals surface area contributed by atoms with Crippen molar-refractivity contribution in [3.05, 3.63) is 29.3 Å². The molecule has 3 N–H and O–H groups in total. The predicted molar refractivity (Wildman–Crippen MR) is 82.2 cm³/mol. The SMILES string of the molecule is CS(=O)(=O)CCCC(CSc1ccccc1Cl)NN. The van der Waals surface area contributed by atoms with E-state index >= 15 is 0 Å². The number of hydrazine groups is 1. The highest BCUT2D eigenvalue weighted by atomic mass is 35.5. The summed E-state index contributed by atoms with van der Waals surface area (Å²) in [4.78, 5) is 1.01. The van der Waals surface area contributed by atoms with Crippen molar-refractivity contribution in [2.45, 2.75) is 23.8 Å². The quantitative estimate of drug-likeness (QED) is 0.435. The normalized spacial score (nSPS) is 13.4. The monoisotopic (exact) mass is 322 g/mol. The lowest BCUT2D eigenvalue weighted by Gasteiger charge is -2.15. The molecule has 19 heavy (non-hydrogen) atoms. The Balaban J connectivity index is 2.39. The van der Waals surface area contributed by atoms with E-state index in [0.717, 1.165) is 22.1 Å². The van der Waals surface area contributed by atoms with Crippen molar-refractivity contribution in [3.8, 4) is 0 Å². The van der Waals surface area contributed by atoms with Crippen LogP contribution in [0.1, 0.15) is 12.8 Å². The van der Waals surface area contributed by atoms with Gasteiger partial charge in [-0.25, -0.2) is 8.42 Å². The molecule has 0 aromatic heterocycles. The van der Waals surface area contributed by atoms with Crippen LogP contribution in [0.3, 0.4) is 0 Å². The van der Waals surface area contributed by atoms with Crippen LogP contribution in [0.2, 0.25) is 5.02 Å². The van der Waals surface area contributed by atoms with Crippen LogP contribution >= 0.6 is 23.4 Å². The molecule has 0 bridgehead atoms. The second-order valence-corrected chi connectivity index (χ2v) is 8.11. The first-order chi connectivity index (χ1) is 8.92. The minimum Gasteiger partial charge on any atom is -0.271 e. The van der Waals surface area contributed by atoms with Crippen molar-refractivity contribution in [2.75, 3.05) is 17.8 Å². The first-order valence-corrected chi connectivity index (χ1v) is 9.36. The number of hydrogen-bond donors (Lipinski definition) is 2. The van der Waals surface area contributed by atoms with Gasteiger partial charge in [0, 0.05) is 28.7 Å². The molecule has 0 saturated heterocycles. The van der Waals surface area contributed by atoms with Crippen molar-refractivity contribution < 1.29 is 8.42 Å². The molecule has 0 aliphatic carbocycles. The molecule has 1 atom stereocenters. The molecule has 0 heterocycles. The number of halogens is 1. The third-order valence-corrected chi connectivity index (χ3v) is 5.29. The van der Waals surface area contributed by atoms with Gasteiger partial charge in [0.05, 0.1) is 5.02 Å². The summed E-state index contributed by atoms with van der Waals surface area (Å²) < 4.78 is 22.1. The van der Waals surface area contributed by atoms with Crippen LogP contribution in [0.4, 0.5) is 0 Å². The molecule has 0 radical (unpaired) electrons. The summed E-state index contributed by atoms with van der Waals surface area (Å²) in [6.07, 6.45) is 2.58. The fourth-order valence-electron chi connectivity index (χ4n) is 1.56. The molecule has 7 heteroatoms. The molecular formula is C12H19ClN2O2S2. The number of sulfone groups is 1.